The summed E-state index contributed by atoms with van der Waals surface area (Å²) in [5.74, 6) is 0. The van der Waals surface area contributed by atoms with E-state index in [9.17, 15) is 8.78 Å². The standard InChI is InChI=1S/C11H18BrCl3F2N2O2/c1-7(20-3)5-18-9(12,13)10(14,15)19(11(18,16)17)6-8(2)21-4/h7-8H,5-6H2,1-4H3. The Morgan fingerprint density at radius 3 is 1.76 bits per heavy atom. The largest absolute Gasteiger partial charge is 0.380 e. The van der Waals surface area contributed by atoms with Crippen LogP contribution in [0.3, 0.4) is 0 Å². The van der Waals surface area contributed by atoms with E-state index in [1.54, 1.807) is 13.8 Å². The molecule has 126 valence electrons. The minimum Gasteiger partial charge on any atom is -0.380 e. The molecule has 1 aliphatic rings. The van der Waals surface area contributed by atoms with E-state index in [-0.39, 0.29) is 13.1 Å². The fraction of sp³-hybridized carbons (Fsp3) is 1.00. The second-order valence-electron chi connectivity index (χ2n) is 4.91. The van der Waals surface area contributed by atoms with Gasteiger partial charge in [0.25, 0.3) is 0 Å². The first kappa shape index (κ1) is 20.1. The summed E-state index contributed by atoms with van der Waals surface area (Å²) in [6.07, 6.45) is -4.48. The molecule has 4 nitrogen and oxygen atoms in total. The molecule has 1 heterocycles. The first-order valence-electron chi connectivity index (χ1n) is 6.17. The predicted octanol–water partition coefficient (Wildman–Crippen LogP) is 3.64. The summed E-state index contributed by atoms with van der Waals surface area (Å²) in [6.45, 7) is 2.90. The summed E-state index contributed by atoms with van der Waals surface area (Å²) in [5, 5.41) is 0. The number of hydrogen-bond donors (Lipinski definition) is 0. The molecule has 1 aliphatic heterocycles. The first-order valence-corrected chi connectivity index (χ1v) is 8.10. The number of methoxy groups -OCH3 is 2. The molecule has 1 fully saturated rings. The van der Waals surface area contributed by atoms with E-state index >= 15 is 0 Å². The van der Waals surface area contributed by atoms with Crippen LogP contribution in [-0.4, -0.2) is 63.9 Å². The molecule has 3 atom stereocenters. The molecule has 0 N–H and O–H groups in total. The molecule has 1 rings (SSSR count). The zero-order valence-corrected chi connectivity index (χ0v) is 15.9. The van der Waals surface area contributed by atoms with Gasteiger partial charge in [0.05, 0.1) is 12.2 Å². The van der Waals surface area contributed by atoms with Crippen molar-refractivity contribution < 1.29 is 18.3 Å². The van der Waals surface area contributed by atoms with Gasteiger partial charge in [0.2, 0.25) is 8.36 Å². The molecule has 0 bridgehead atoms. The number of nitrogens with zero attached hydrogens (tertiary/aromatic N) is 2. The summed E-state index contributed by atoms with van der Waals surface area (Å²) >= 11 is 21.5. The Labute approximate surface area is 146 Å². The van der Waals surface area contributed by atoms with Gasteiger partial charge in [-0.25, -0.2) is 0 Å². The molecule has 10 heteroatoms. The Bertz CT molecular complexity index is 345. The van der Waals surface area contributed by atoms with Crippen molar-refractivity contribution in [1.29, 1.82) is 0 Å². The second kappa shape index (κ2) is 6.89. The third kappa shape index (κ3) is 3.60. The minimum absolute atomic E-state index is 0.169. The highest BCUT2D eigenvalue weighted by atomic mass is 79.9. The maximum Gasteiger partial charge on any atom is 0.374 e. The van der Waals surface area contributed by atoms with Crippen LogP contribution in [0, 0.1) is 0 Å². The van der Waals surface area contributed by atoms with Gasteiger partial charge in [-0.15, -0.1) is 0 Å². The van der Waals surface area contributed by atoms with E-state index in [1.807, 2.05) is 0 Å². The molecule has 0 aromatic carbocycles. The van der Waals surface area contributed by atoms with Crippen molar-refractivity contribution >= 4 is 50.7 Å². The van der Waals surface area contributed by atoms with Crippen molar-refractivity contribution in [3.63, 3.8) is 0 Å². The average molecular weight is 435 g/mol. The highest BCUT2D eigenvalue weighted by molar-refractivity contribution is 9.10. The smallest absolute Gasteiger partial charge is 0.374 e. The van der Waals surface area contributed by atoms with Gasteiger partial charge < -0.3 is 9.47 Å². The molecule has 0 aliphatic carbocycles. The Kier molecular flexibility index (Phi) is 6.59. The highest BCUT2D eigenvalue weighted by Gasteiger charge is 2.73. The van der Waals surface area contributed by atoms with Crippen LogP contribution in [0.1, 0.15) is 13.8 Å². The van der Waals surface area contributed by atoms with E-state index in [4.69, 9.17) is 44.3 Å². The van der Waals surface area contributed by atoms with Gasteiger partial charge in [0.15, 0.2) is 0 Å². The summed E-state index contributed by atoms with van der Waals surface area (Å²) in [6, 6.07) is 0. The molecule has 0 amide bonds. The zero-order chi connectivity index (χ0) is 16.6. The third-order valence-corrected chi connectivity index (χ3v) is 6.46. The highest BCUT2D eigenvalue weighted by Crippen LogP contribution is 2.60. The van der Waals surface area contributed by atoms with E-state index < -0.39 is 26.7 Å². The monoisotopic (exact) mass is 432 g/mol. The summed E-state index contributed by atoms with van der Waals surface area (Å²) in [5.41, 5.74) is 0. The van der Waals surface area contributed by atoms with Crippen LogP contribution in [0.5, 0.6) is 0 Å². The van der Waals surface area contributed by atoms with Crippen LogP contribution < -0.4 is 0 Å². The van der Waals surface area contributed by atoms with E-state index in [1.165, 1.54) is 14.2 Å². The number of alkyl halides is 6. The number of hydrogen-bond acceptors (Lipinski definition) is 4. The minimum atomic E-state index is -3.48. The summed E-state index contributed by atoms with van der Waals surface area (Å²) in [7, 11) is 2.83. The average Bonchev–Trinajstić information content (AvgIpc) is 2.48. The van der Waals surface area contributed by atoms with Gasteiger partial charge in [-0.2, -0.15) is 18.6 Å². The van der Waals surface area contributed by atoms with Gasteiger partial charge in [0.1, 0.15) is 0 Å². The molecule has 0 aromatic rings. The van der Waals surface area contributed by atoms with Gasteiger partial charge in [-0.05, 0) is 29.8 Å². The Morgan fingerprint density at radius 2 is 1.38 bits per heavy atom. The Balaban J connectivity index is 3.16. The fourth-order valence-corrected chi connectivity index (χ4v) is 3.31. The molecule has 0 spiro atoms. The van der Waals surface area contributed by atoms with Crippen LogP contribution in [-0.2, 0) is 9.47 Å². The molecular formula is C11H18BrCl3F2N2O2. The molecule has 1 saturated heterocycles. The topological polar surface area (TPSA) is 24.9 Å². The molecule has 21 heavy (non-hydrogen) atoms. The lowest BCUT2D eigenvalue weighted by molar-refractivity contribution is -0.227. The Hall–Kier alpha value is 1.05. The molecule has 0 radical (unpaired) electrons. The van der Waals surface area contributed by atoms with Gasteiger partial charge in [-0.1, -0.05) is 34.8 Å². The number of halogens is 6. The van der Waals surface area contributed by atoms with Crippen LogP contribution in [0.4, 0.5) is 8.78 Å². The van der Waals surface area contributed by atoms with Crippen LogP contribution >= 0.6 is 50.7 Å². The molecule has 0 aromatic heterocycles. The number of ether oxygens (including phenoxy) is 2. The van der Waals surface area contributed by atoms with Crippen LogP contribution in [0.2, 0.25) is 0 Å². The zero-order valence-electron chi connectivity index (χ0n) is 12.0. The maximum absolute atomic E-state index is 14.7. The predicted molar refractivity (Wildman–Crippen MR) is 83.2 cm³/mol. The summed E-state index contributed by atoms with van der Waals surface area (Å²) < 4.78 is 35.5. The van der Waals surface area contributed by atoms with Crippen molar-refractivity contribution in [3.8, 4) is 0 Å². The van der Waals surface area contributed by atoms with Crippen molar-refractivity contribution in [2.75, 3.05) is 27.3 Å². The van der Waals surface area contributed by atoms with E-state index in [0.717, 1.165) is 0 Å². The van der Waals surface area contributed by atoms with Crippen molar-refractivity contribution in [2.45, 2.75) is 40.6 Å². The quantitative estimate of drug-likeness (QED) is 0.471. The van der Waals surface area contributed by atoms with Crippen molar-refractivity contribution in [1.82, 2.24) is 9.80 Å². The molecular weight excluding hydrogens is 416 g/mol. The molecule has 3 unspecified atom stereocenters. The lowest BCUT2D eigenvalue weighted by atomic mass is 10.3. The van der Waals surface area contributed by atoms with Crippen molar-refractivity contribution in [3.05, 3.63) is 0 Å². The Morgan fingerprint density at radius 1 is 1.00 bits per heavy atom. The maximum atomic E-state index is 14.7. The summed E-state index contributed by atoms with van der Waals surface area (Å²) in [4.78, 5) is 1.26. The van der Waals surface area contributed by atoms with E-state index in [2.05, 4.69) is 15.9 Å². The second-order valence-corrected chi connectivity index (χ2v) is 8.34. The van der Waals surface area contributed by atoms with Gasteiger partial charge in [0, 0.05) is 27.3 Å². The SMILES string of the molecule is COC(C)CN1C(F)(F)N(CC(C)OC)C(Cl)(Br)C1(Cl)Cl. The van der Waals surface area contributed by atoms with Crippen LogP contribution in [0.25, 0.3) is 0 Å². The normalized spacial score (nSPS) is 32.3. The lowest BCUT2D eigenvalue weighted by Crippen LogP contribution is -2.52. The lowest BCUT2D eigenvalue weighted by Gasteiger charge is -2.33. The fourth-order valence-electron chi connectivity index (χ4n) is 1.92. The third-order valence-electron chi connectivity index (χ3n) is 3.37. The van der Waals surface area contributed by atoms with Crippen LogP contribution in [0.15, 0.2) is 0 Å². The van der Waals surface area contributed by atoms with Gasteiger partial charge in [-0.3, -0.25) is 0 Å². The number of rotatable bonds is 6. The van der Waals surface area contributed by atoms with E-state index in [0.29, 0.717) is 9.80 Å². The van der Waals surface area contributed by atoms with Crippen molar-refractivity contribution in [2.24, 2.45) is 0 Å². The van der Waals surface area contributed by atoms with Gasteiger partial charge >= 0.3 is 6.17 Å². The molecule has 0 saturated carbocycles. The first-order chi connectivity index (χ1) is 9.42.